The van der Waals surface area contributed by atoms with Gasteiger partial charge in [-0.3, -0.25) is 39.0 Å². The maximum atomic E-state index is 13.1. The SMILES string of the molecule is COc1cnc(C(=O)NCc2cccc(CC(=O)N(C)CCCCOc3ccc4c(c3)C(=O)N(C3CCC(=O)NC3=O)C4=O)c2)cc1/C=C/[C@H]1CC[C@H](C(F)(F)F)CC1. The number of unbranched alkanes of at least 4 members (excludes halogenated alkanes) is 1. The van der Waals surface area contributed by atoms with Crippen LogP contribution in [-0.4, -0.2) is 89.8 Å². The third-order valence-electron chi connectivity index (χ3n) is 10.9. The number of benzene rings is 2. The Balaban J connectivity index is 0.926. The Hall–Kier alpha value is -6.06. The van der Waals surface area contributed by atoms with Gasteiger partial charge in [-0.15, -0.1) is 0 Å². The molecule has 1 unspecified atom stereocenters. The van der Waals surface area contributed by atoms with E-state index in [0.29, 0.717) is 55.9 Å². The van der Waals surface area contributed by atoms with E-state index in [1.165, 1.54) is 25.4 Å². The first-order valence-electron chi connectivity index (χ1n) is 19.6. The predicted molar refractivity (Wildman–Crippen MR) is 208 cm³/mol. The molecule has 1 aliphatic carbocycles. The number of alkyl halides is 3. The molecule has 1 saturated carbocycles. The van der Waals surface area contributed by atoms with Crippen LogP contribution in [0.25, 0.3) is 6.08 Å². The van der Waals surface area contributed by atoms with Gasteiger partial charge in [0, 0.05) is 32.1 Å². The second kappa shape index (κ2) is 18.7. The van der Waals surface area contributed by atoms with Gasteiger partial charge in [-0.1, -0.05) is 36.4 Å². The van der Waals surface area contributed by atoms with Gasteiger partial charge in [0.15, 0.2) is 0 Å². The van der Waals surface area contributed by atoms with Crippen molar-refractivity contribution in [3.8, 4) is 11.5 Å². The van der Waals surface area contributed by atoms with Crippen LogP contribution in [0, 0.1) is 11.8 Å². The van der Waals surface area contributed by atoms with Gasteiger partial charge in [0.2, 0.25) is 17.7 Å². The van der Waals surface area contributed by atoms with Crippen LogP contribution in [0.1, 0.15) is 99.3 Å². The summed E-state index contributed by atoms with van der Waals surface area (Å²) >= 11 is 0. The molecule has 3 aromatic rings. The second-order valence-electron chi connectivity index (χ2n) is 15.0. The molecule has 2 N–H and O–H groups in total. The summed E-state index contributed by atoms with van der Waals surface area (Å²) in [5.74, 6) is -3.27. The van der Waals surface area contributed by atoms with E-state index in [9.17, 15) is 41.9 Å². The minimum Gasteiger partial charge on any atom is -0.495 e. The summed E-state index contributed by atoms with van der Waals surface area (Å²) < 4.78 is 50.4. The van der Waals surface area contributed by atoms with Gasteiger partial charge in [-0.05, 0) is 86.3 Å². The average molecular weight is 818 g/mol. The third-order valence-corrected chi connectivity index (χ3v) is 10.9. The summed E-state index contributed by atoms with van der Waals surface area (Å²) in [5.41, 5.74) is 2.61. The lowest BCUT2D eigenvalue weighted by Crippen LogP contribution is -2.54. The fraction of sp³-hybridized carbons (Fsp3) is 0.419. The smallest absolute Gasteiger partial charge is 0.391 e. The van der Waals surface area contributed by atoms with Gasteiger partial charge < -0.3 is 19.7 Å². The van der Waals surface area contributed by atoms with Gasteiger partial charge in [0.05, 0.1) is 43.4 Å². The van der Waals surface area contributed by atoms with Crippen LogP contribution in [0.5, 0.6) is 11.5 Å². The van der Waals surface area contributed by atoms with Gasteiger partial charge >= 0.3 is 6.18 Å². The molecule has 59 heavy (non-hydrogen) atoms. The summed E-state index contributed by atoms with van der Waals surface area (Å²) in [6.45, 7) is 0.957. The number of amides is 6. The maximum Gasteiger partial charge on any atom is 0.391 e. The molecule has 312 valence electrons. The lowest BCUT2D eigenvalue weighted by Gasteiger charge is -2.28. The van der Waals surface area contributed by atoms with Crippen LogP contribution in [-0.2, 0) is 27.3 Å². The van der Waals surface area contributed by atoms with Crippen molar-refractivity contribution in [2.45, 2.75) is 76.6 Å². The summed E-state index contributed by atoms with van der Waals surface area (Å²) in [7, 11) is 3.19. The summed E-state index contributed by atoms with van der Waals surface area (Å²) in [6.07, 6.45) is 3.48. The molecule has 3 heterocycles. The highest BCUT2D eigenvalue weighted by Gasteiger charge is 2.45. The molecule has 0 spiro atoms. The number of pyridine rings is 1. The van der Waals surface area contributed by atoms with Gasteiger partial charge in [0.25, 0.3) is 17.7 Å². The van der Waals surface area contributed by atoms with Crippen molar-refractivity contribution >= 4 is 41.5 Å². The third kappa shape index (κ3) is 10.5. The van der Waals surface area contributed by atoms with E-state index in [2.05, 4.69) is 15.6 Å². The van der Waals surface area contributed by atoms with Crippen LogP contribution in [0.3, 0.4) is 0 Å². The van der Waals surface area contributed by atoms with Gasteiger partial charge in [-0.2, -0.15) is 13.2 Å². The lowest BCUT2D eigenvalue weighted by atomic mass is 9.81. The number of likely N-dealkylation sites (N-methyl/N-ethyl adjacent to an activating group) is 1. The topological polar surface area (TPSA) is 164 Å². The number of rotatable bonds is 15. The van der Waals surface area contributed by atoms with E-state index < -0.39 is 47.7 Å². The standard InChI is InChI=1S/C43H46F3N5O8/c1-50(18-3-4-19-59-31-14-15-32-33(23-31)42(57)51(41(32)56)35-16-17-37(52)49-40(35)55)38(53)21-27-6-5-7-28(20-27)24-48-39(54)34-22-29(36(58-2)25-47-34)11-8-26-9-12-30(13-10-26)43(44,45)46/h5-8,11,14-15,20,22-23,25-26,30,35H,3-4,9-10,12-13,16-19,21,24H2,1-2H3,(H,48,54)(H,49,52,55)/b11-8+/t26-,30-,35?. The molecular formula is C43H46F3N5O8. The first-order chi connectivity index (χ1) is 28.2. The van der Waals surface area contributed by atoms with Gasteiger partial charge in [-0.25, -0.2) is 4.98 Å². The highest BCUT2D eigenvalue weighted by atomic mass is 19.4. The van der Waals surface area contributed by atoms with E-state index in [-0.39, 0.29) is 67.3 Å². The van der Waals surface area contributed by atoms with Crippen molar-refractivity contribution in [3.05, 3.63) is 94.3 Å². The van der Waals surface area contributed by atoms with E-state index in [0.717, 1.165) is 16.0 Å². The maximum absolute atomic E-state index is 13.1. The number of carbonyl (C=O) groups is 6. The Kier molecular flexibility index (Phi) is 13.5. The molecule has 1 aromatic heterocycles. The largest absolute Gasteiger partial charge is 0.495 e. The molecule has 3 aliphatic rings. The number of imide groups is 2. The molecule has 6 amide bonds. The number of nitrogens with one attached hydrogen (secondary N) is 2. The predicted octanol–water partition coefficient (Wildman–Crippen LogP) is 5.66. The summed E-state index contributed by atoms with van der Waals surface area (Å²) in [4.78, 5) is 82.7. The quantitative estimate of drug-likeness (QED) is 0.146. The van der Waals surface area contributed by atoms with Crippen molar-refractivity contribution in [1.82, 2.24) is 25.4 Å². The van der Waals surface area contributed by atoms with E-state index in [1.807, 2.05) is 30.3 Å². The number of halogens is 3. The molecule has 2 fully saturated rings. The zero-order valence-corrected chi connectivity index (χ0v) is 32.8. The van der Waals surface area contributed by atoms with Crippen molar-refractivity contribution in [1.29, 1.82) is 0 Å². The molecular weight excluding hydrogens is 771 g/mol. The summed E-state index contributed by atoms with van der Waals surface area (Å²) in [5, 5.41) is 5.03. The van der Waals surface area contributed by atoms with Crippen molar-refractivity contribution in [2.24, 2.45) is 11.8 Å². The van der Waals surface area contributed by atoms with Crippen molar-refractivity contribution in [2.75, 3.05) is 27.3 Å². The number of carbonyl (C=O) groups excluding carboxylic acids is 6. The van der Waals surface area contributed by atoms with Crippen LogP contribution in [0.15, 0.2) is 60.8 Å². The lowest BCUT2D eigenvalue weighted by molar-refractivity contribution is -0.183. The molecule has 2 aliphatic heterocycles. The zero-order valence-electron chi connectivity index (χ0n) is 32.8. The molecule has 1 atom stereocenters. The molecule has 6 rings (SSSR count). The highest BCUT2D eigenvalue weighted by Crippen LogP contribution is 2.40. The molecule has 1 saturated heterocycles. The van der Waals surface area contributed by atoms with E-state index in [1.54, 1.807) is 30.2 Å². The zero-order chi connectivity index (χ0) is 42.3. The number of ether oxygens (including phenoxy) is 2. The van der Waals surface area contributed by atoms with Crippen molar-refractivity contribution in [3.63, 3.8) is 0 Å². The molecule has 2 aromatic carbocycles. The number of nitrogens with zero attached hydrogens (tertiary/aromatic N) is 3. The minimum absolute atomic E-state index is 0.000263. The number of hydrogen-bond donors (Lipinski definition) is 2. The van der Waals surface area contributed by atoms with Gasteiger partial charge in [0.1, 0.15) is 23.2 Å². The Labute approximate surface area is 339 Å². The first-order valence-corrected chi connectivity index (χ1v) is 19.6. The number of hydrogen-bond acceptors (Lipinski definition) is 9. The van der Waals surface area contributed by atoms with Crippen LogP contribution < -0.4 is 20.1 Å². The molecule has 0 bridgehead atoms. The molecule has 13 nitrogen and oxygen atoms in total. The molecule has 16 heteroatoms. The highest BCUT2D eigenvalue weighted by molar-refractivity contribution is 6.23. The van der Waals surface area contributed by atoms with E-state index in [4.69, 9.17) is 9.47 Å². The van der Waals surface area contributed by atoms with Crippen molar-refractivity contribution < 1.29 is 51.4 Å². The van der Waals surface area contributed by atoms with Crippen LogP contribution in [0.4, 0.5) is 13.2 Å². The number of fused-ring (bicyclic) bond motifs is 1. The Morgan fingerprint density at radius 2 is 1.71 bits per heavy atom. The fourth-order valence-electron chi connectivity index (χ4n) is 7.50. The monoisotopic (exact) mass is 817 g/mol. The molecule has 0 radical (unpaired) electrons. The number of allylic oxidation sites excluding steroid dienone is 1. The Morgan fingerprint density at radius 1 is 0.966 bits per heavy atom. The number of piperidine rings is 1. The van der Waals surface area contributed by atoms with Crippen LogP contribution in [0.2, 0.25) is 0 Å². The fourth-order valence-corrected chi connectivity index (χ4v) is 7.50. The second-order valence-corrected chi connectivity index (χ2v) is 15.0. The number of aromatic nitrogens is 1. The van der Waals surface area contributed by atoms with E-state index >= 15 is 0 Å². The minimum atomic E-state index is -4.17. The first kappa shape index (κ1) is 42.5. The normalized spacial score (nSPS) is 19.4. The Morgan fingerprint density at radius 3 is 2.44 bits per heavy atom. The Bertz CT molecular complexity index is 2130. The van der Waals surface area contributed by atoms with Crippen LogP contribution >= 0.6 is 0 Å². The summed E-state index contributed by atoms with van der Waals surface area (Å²) in [6, 6.07) is 12.4. The number of methoxy groups -OCH3 is 1. The average Bonchev–Trinajstić information content (AvgIpc) is 3.46.